The molecule has 0 fully saturated rings. The lowest BCUT2D eigenvalue weighted by molar-refractivity contribution is 0.0695. The molecule has 0 aliphatic carbocycles. The minimum atomic E-state index is -0.984. The van der Waals surface area contributed by atoms with Gasteiger partial charge in [0, 0.05) is 6.54 Å². The van der Waals surface area contributed by atoms with Crippen molar-refractivity contribution in [3.8, 4) is 0 Å². The average Bonchev–Trinajstić information content (AvgIpc) is 2.58. The minimum Gasteiger partial charge on any atom is -0.478 e. The highest BCUT2D eigenvalue weighted by Crippen LogP contribution is 2.14. The van der Waals surface area contributed by atoms with E-state index < -0.39 is 5.97 Å². The van der Waals surface area contributed by atoms with E-state index in [0.717, 1.165) is 6.42 Å². The van der Waals surface area contributed by atoms with Crippen LogP contribution in [0.1, 0.15) is 42.1 Å². The molecule has 0 saturated heterocycles. The van der Waals surface area contributed by atoms with Crippen molar-refractivity contribution in [1.82, 2.24) is 5.32 Å². The number of aliphatic hydroxyl groups excluding tert-OH is 1. The summed E-state index contributed by atoms with van der Waals surface area (Å²) >= 11 is 0. The summed E-state index contributed by atoms with van der Waals surface area (Å²) in [4.78, 5) is 10.8. The molecule has 0 amide bonds. The standard InChI is InChI=1S/C13H21NO4/c1-8(2)4-10(15)6-14-7-11-5-12(13(16)17)9(3)18-11/h5,8,10,14-15H,4,6-7H2,1-3H3,(H,16,17). The van der Waals surface area contributed by atoms with Crippen LogP contribution in [0.2, 0.25) is 0 Å². The maximum Gasteiger partial charge on any atom is 0.339 e. The van der Waals surface area contributed by atoms with Gasteiger partial charge >= 0.3 is 5.97 Å². The first-order valence-corrected chi connectivity index (χ1v) is 6.11. The molecule has 0 aliphatic heterocycles. The summed E-state index contributed by atoms with van der Waals surface area (Å²) in [5.41, 5.74) is 0.189. The first kappa shape index (κ1) is 14.7. The predicted molar refractivity (Wildman–Crippen MR) is 67.6 cm³/mol. The molecule has 1 aromatic rings. The molecule has 0 radical (unpaired) electrons. The molecular weight excluding hydrogens is 234 g/mol. The minimum absolute atomic E-state index is 0.189. The van der Waals surface area contributed by atoms with Crippen LogP contribution < -0.4 is 5.32 Å². The maximum atomic E-state index is 10.8. The van der Waals surface area contributed by atoms with Crippen LogP contribution in [0.25, 0.3) is 0 Å². The predicted octanol–water partition coefficient (Wildman–Crippen LogP) is 1.78. The highest BCUT2D eigenvalue weighted by molar-refractivity contribution is 5.88. The summed E-state index contributed by atoms with van der Waals surface area (Å²) < 4.78 is 5.31. The molecule has 5 nitrogen and oxygen atoms in total. The van der Waals surface area contributed by atoms with Gasteiger partial charge in [-0.05, 0) is 25.3 Å². The molecule has 1 aromatic heterocycles. The molecule has 3 N–H and O–H groups in total. The highest BCUT2D eigenvalue weighted by Gasteiger charge is 2.13. The number of aryl methyl sites for hydroxylation is 1. The number of carboxylic acid groups (broad SMARTS) is 1. The van der Waals surface area contributed by atoms with E-state index in [0.29, 0.717) is 30.5 Å². The van der Waals surface area contributed by atoms with Crippen LogP contribution >= 0.6 is 0 Å². The Bertz CT molecular complexity index is 398. The molecule has 0 bridgehead atoms. The van der Waals surface area contributed by atoms with E-state index in [1.165, 1.54) is 6.07 Å². The zero-order valence-corrected chi connectivity index (χ0v) is 11.1. The van der Waals surface area contributed by atoms with E-state index in [2.05, 4.69) is 19.2 Å². The van der Waals surface area contributed by atoms with Crippen LogP contribution in [0, 0.1) is 12.8 Å². The van der Waals surface area contributed by atoms with Gasteiger partial charge < -0.3 is 19.9 Å². The Balaban J connectivity index is 2.40. The second kappa shape index (κ2) is 6.56. The zero-order valence-electron chi connectivity index (χ0n) is 11.1. The Morgan fingerprint density at radius 3 is 2.67 bits per heavy atom. The van der Waals surface area contributed by atoms with Crippen molar-refractivity contribution in [3.05, 3.63) is 23.2 Å². The van der Waals surface area contributed by atoms with E-state index in [1.807, 2.05) is 0 Å². The van der Waals surface area contributed by atoms with Gasteiger partial charge in [-0.15, -0.1) is 0 Å². The van der Waals surface area contributed by atoms with Crippen LogP contribution in [0.15, 0.2) is 10.5 Å². The Morgan fingerprint density at radius 2 is 2.17 bits per heavy atom. The van der Waals surface area contributed by atoms with Crippen molar-refractivity contribution in [1.29, 1.82) is 0 Å². The number of aromatic carboxylic acids is 1. The number of carbonyl (C=O) groups is 1. The summed E-state index contributed by atoms with van der Waals surface area (Å²) in [5.74, 6) is 0.442. The molecule has 0 aliphatic rings. The first-order valence-electron chi connectivity index (χ1n) is 6.11. The highest BCUT2D eigenvalue weighted by atomic mass is 16.4. The number of nitrogens with one attached hydrogen (secondary N) is 1. The van der Waals surface area contributed by atoms with E-state index in [9.17, 15) is 9.90 Å². The Hall–Kier alpha value is -1.33. The largest absolute Gasteiger partial charge is 0.478 e. The third kappa shape index (κ3) is 4.50. The van der Waals surface area contributed by atoms with Crippen LogP contribution in [-0.2, 0) is 6.54 Å². The first-order chi connectivity index (χ1) is 8.40. The summed E-state index contributed by atoms with van der Waals surface area (Å²) in [6, 6.07) is 1.51. The van der Waals surface area contributed by atoms with Gasteiger partial charge in [-0.25, -0.2) is 4.79 Å². The van der Waals surface area contributed by atoms with Crippen molar-refractivity contribution in [3.63, 3.8) is 0 Å². The van der Waals surface area contributed by atoms with Gasteiger partial charge in [-0.2, -0.15) is 0 Å². The third-order valence-electron chi connectivity index (χ3n) is 2.62. The van der Waals surface area contributed by atoms with Gasteiger partial charge in [0.05, 0.1) is 12.6 Å². The normalized spacial score (nSPS) is 12.9. The third-order valence-corrected chi connectivity index (χ3v) is 2.62. The molecule has 5 heteroatoms. The lowest BCUT2D eigenvalue weighted by Crippen LogP contribution is -2.27. The van der Waals surface area contributed by atoms with E-state index >= 15 is 0 Å². The molecule has 18 heavy (non-hydrogen) atoms. The van der Waals surface area contributed by atoms with E-state index in [1.54, 1.807) is 6.92 Å². The van der Waals surface area contributed by atoms with Gasteiger partial charge in [0.2, 0.25) is 0 Å². The molecule has 0 spiro atoms. The monoisotopic (exact) mass is 255 g/mol. The molecule has 1 heterocycles. The number of aliphatic hydroxyl groups is 1. The van der Waals surface area contributed by atoms with Crippen LogP contribution in [-0.4, -0.2) is 28.8 Å². The number of carboxylic acids is 1. The van der Waals surface area contributed by atoms with Crippen molar-refractivity contribution >= 4 is 5.97 Å². The summed E-state index contributed by atoms with van der Waals surface area (Å²) in [5, 5.41) is 21.6. The smallest absolute Gasteiger partial charge is 0.339 e. The number of hydrogen-bond donors (Lipinski definition) is 3. The SMILES string of the molecule is Cc1oc(CNCC(O)CC(C)C)cc1C(=O)O. The van der Waals surface area contributed by atoms with Crippen molar-refractivity contribution in [2.24, 2.45) is 5.92 Å². The van der Waals surface area contributed by atoms with Crippen molar-refractivity contribution in [2.75, 3.05) is 6.54 Å². The molecule has 1 unspecified atom stereocenters. The molecule has 1 atom stereocenters. The van der Waals surface area contributed by atoms with Gasteiger partial charge in [0.1, 0.15) is 17.1 Å². The summed E-state index contributed by atoms with van der Waals surface area (Å²) in [6.07, 6.45) is 0.352. The van der Waals surface area contributed by atoms with Gasteiger partial charge in [-0.3, -0.25) is 0 Å². The van der Waals surface area contributed by atoms with E-state index in [-0.39, 0.29) is 11.7 Å². The quantitative estimate of drug-likeness (QED) is 0.692. The maximum absolute atomic E-state index is 10.8. The molecule has 0 saturated carbocycles. The number of hydrogen-bond acceptors (Lipinski definition) is 4. The molecule has 0 aromatic carbocycles. The Morgan fingerprint density at radius 1 is 1.50 bits per heavy atom. The van der Waals surface area contributed by atoms with E-state index in [4.69, 9.17) is 9.52 Å². The topological polar surface area (TPSA) is 82.7 Å². The van der Waals surface area contributed by atoms with Crippen LogP contribution in [0.3, 0.4) is 0 Å². The summed E-state index contributed by atoms with van der Waals surface area (Å²) in [6.45, 7) is 6.63. The fourth-order valence-corrected chi connectivity index (χ4v) is 1.83. The molecular formula is C13H21NO4. The van der Waals surface area contributed by atoms with Gasteiger partial charge in [0.15, 0.2) is 0 Å². The summed E-state index contributed by atoms with van der Waals surface area (Å²) in [7, 11) is 0. The number of rotatable bonds is 7. The lowest BCUT2D eigenvalue weighted by atomic mass is 10.1. The lowest BCUT2D eigenvalue weighted by Gasteiger charge is -2.13. The zero-order chi connectivity index (χ0) is 13.7. The molecule has 102 valence electrons. The number of furan rings is 1. The van der Waals surface area contributed by atoms with Crippen molar-refractivity contribution < 1.29 is 19.4 Å². The fourth-order valence-electron chi connectivity index (χ4n) is 1.83. The Kier molecular flexibility index (Phi) is 5.37. The Labute approximate surface area is 107 Å². The fraction of sp³-hybridized carbons (Fsp3) is 0.615. The van der Waals surface area contributed by atoms with Gasteiger partial charge in [-0.1, -0.05) is 13.8 Å². The van der Waals surface area contributed by atoms with Crippen LogP contribution in [0.5, 0.6) is 0 Å². The average molecular weight is 255 g/mol. The second-order valence-electron chi connectivity index (χ2n) is 4.90. The molecule has 1 rings (SSSR count). The second-order valence-corrected chi connectivity index (χ2v) is 4.90. The van der Waals surface area contributed by atoms with Crippen molar-refractivity contribution in [2.45, 2.75) is 39.8 Å². The van der Waals surface area contributed by atoms with Crippen LogP contribution in [0.4, 0.5) is 0 Å². The van der Waals surface area contributed by atoms with Gasteiger partial charge in [0.25, 0.3) is 0 Å².